The van der Waals surface area contributed by atoms with Gasteiger partial charge in [0.05, 0.1) is 25.4 Å². The smallest absolute Gasteiger partial charge is 0.305 e. The Morgan fingerprint density at radius 1 is 0.452 bits per heavy atom. The highest BCUT2D eigenvalue weighted by Gasteiger charge is 2.18. The molecular weight excluding hydrogens is 767 g/mol. The molecule has 0 aliphatic heterocycles. The van der Waals surface area contributed by atoms with Gasteiger partial charge in [0, 0.05) is 12.8 Å². The zero-order valence-electron chi connectivity index (χ0n) is 41.4. The second-order valence-electron chi connectivity index (χ2n) is 18.6. The summed E-state index contributed by atoms with van der Waals surface area (Å²) in [6, 6.07) is -0.640. The molecule has 0 saturated carbocycles. The van der Waals surface area contributed by atoms with E-state index in [1.807, 2.05) is 6.08 Å². The molecular formula is C56H105NO5. The minimum absolute atomic E-state index is 0.0171. The van der Waals surface area contributed by atoms with Crippen molar-refractivity contribution in [3.05, 3.63) is 36.5 Å². The molecule has 0 aliphatic carbocycles. The molecule has 6 nitrogen and oxygen atoms in total. The van der Waals surface area contributed by atoms with Gasteiger partial charge in [0.25, 0.3) is 0 Å². The standard InChI is InChI=1S/C56H105NO5/c1-3-5-7-9-11-13-15-16-17-19-22-25-29-32-36-40-44-48-54(59)53(52-58)57-55(60)49-45-41-37-33-30-26-23-20-18-21-24-27-31-35-39-43-47-51-62-56(61)50-46-42-38-34-28-14-12-10-8-6-4-2/h18,21,27,31,44,48,53-54,58-59H,3-17,19-20,22-26,28-30,32-43,45-47,49-52H2,1-2H3,(H,57,60)/b21-18-,31-27-,48-44+. The molecule has 0 aromatic heterocycles. The summed E-state index contributed by atoms with van der Waals surface area (Å²) in [5.41, 5.74) is 0. The van der Waals surface area contributed by atoms with Crippen molar-refractivity contribution in [2.45, 2.75) is 296 Å². The van der Waals surface area contributed by atoms with Gasteiger partial charge in [0.2, 0.25) is 5.91 Å². The van der Waals surface area contributed by atoms with E-state index in [4.69, 9.17) is 4.74 Å². The number of nitrogens with one attached hydrogen (secondary N) is 1. The molecule has 1 amide bonds. The van der Waals surface area contributed by atoms with Crippen LogP contribution < -0.4 is 5.32 Å². The normalized spacial score (nSPS) is 12.9. The minimum Gasteiger partial charge on any atom is -0.466 e. The highest BCUT2D eigenvalue weighted by atomic mass is 16.5. The van der Waals surface area contributed by atoms with Crippen molar-refractivity contribution in [3.8, 4) is 0 Å². The van der Waals surface area contributed by atoms with E-state index in [2.05, 4.69) is 43.5 Å². The molecule has 0 radical (unpaired) electrons. The first-order chi connectivity index (χ1) is 30.5. The maximum atomic E-state index is 12.4. The number of carbonyl (C=O) groups excluding carboxylic acids is 2. The maximum Gasteiger partial charge on any atom is 0.305 e. The Balaban J connectivity index is 3.55. The van der Waals surface area contributed by atoms with Gasteiger partial charge in [-0.2, -0.15) is 0 Å². The molecule has 0 spiro atoms. The van der Waals surface area contributed by atoms with Crippen LogP contribution in [-0.2, 0) is 14.3 Å². The third-order valence-corrected chi connectivity index (χ3v) is 12.4. The van der Waals surface area contributed by atoms with E-state index in [-0.39, 0.29) is 18.5 Å². The second-order valence-corrected chi connectivity index (χ2v) is 18.6. The van der Waals surface area contributed by atoms with Crippen LogP contribution in [0, 0.1) is 0 Å². The monoisotopic (exact) mass is 872 g/mol. The van der Waals surface area contributed by atoms with Crippen molar-refractivity contribution in [2.24, 2.45) is 0 Å². The first-order valence-electron chi connectivity index (χ1n) is 27.3. The summed E-state index contributed by atoms with van der Waals surface area (Å²) in [4.78, 5) is 24.4. The number of ether oxygens (including phenoxy) is 1. The number of amides is 1. The first-order valence-corrected chi connectivity index (χ1v) is 27.3. The van der Waals surface area contributed by atoms with Gasteiger partial charge in [0.1, 0.15) is 0 Å². The predicted octanol–water partition coefficient (Wildman–Crippen LogP) is 16.5. The van der Waals surface area contributed by atoms with Crippen LogP contribution in [-0.4, -0.2) is 47.4 Å². The zero-order valence-corrected chi connectivity index (χ0v) is 41.4. The molecule has 6 heteroatoms. The lowest BCUT2D eigenvalue weighted by Gasteiger charge is -2.20. The first kappa shape index (κ1) is 60.1. The van der Waals surface area contributed by atoms with Crippen molar-refractivity contribution in [3.63, 3.8) is 0 Å². The average Bonchev–Trinajstić information content (AvgIpc) is 3.27. The molecule has 0 aliphatic rings. The van der Waals surface area contributed by atoms with Crippen molar-refractivity contribution in [1.82, 2.24) is 5.32 Å². The summed E-state index contributed by atoms with van der Waals surface area (Å²) < 4.78 is 5.43. The molecule has 0 aromatic carbocycles. The number of aliphatic hydroxyl groups excluding tert-OH is 2. The quantitative estimate of drug-likeness (QED) is 0.0321. The Morgan fingerprint density at radius 3 is 1.23 bits per heavy atom. The van der Waals surface area contributed by atoms with Gasteiger partial charge >= 0.3 is 5.97 Å². The number of unbranched alkanes of at least 4 members (excludes halogenated alkanes) is 35. The molecule has 2 atom stereocenters. The number of aliphatic hydroxyl groups is 2. The van der Waals surface area contributed by atoms with E-state index in [0.29, 0.717) is 19.4 Å². The average molecular weight is 872 g/mol. The molecule has 2 unspecified atom stereocenters. The molecule has 0 fully saturated rings. The molecule has 0 aromatic rings. The van der Waals surface area contributed by atoms with E-state index in [9.17, 15) is 19.8 Å². The minimum atomic E-state index is -0.855. The fourth-order valence-electron chi connectivity index (χ4n) is 8.19. The van der Waals surface area contributed by atoms with Gasteiger partial charge in [0.15, 0.2) is 0 Å². The van der Waals surface area contributed by atoms with Crippen LogP contribution in [0.25, 0.3) is 0 Å². The lowest BCUT2D eigenvalue weighted by atomic mass is 10.0. The lowest BCUT2D eigenvalue weighted by Crippen LogP contribution is -2.45. The Bertz CT molecular complexity index is 1010. The van der Waals surface area contributed by atoms with E-state index in [1.165, 1.54) is 173 Å². The van der Waals surface area contributed by atoms with Crippen molar-refractivity contribution >= 4 is 11.9 Å². The van der Waals surface area contributed by atoms with Gasteiger partial charge in [-0.1, -0.05) is 237 Å². The largest absolute Gasteiger partial charge is 0.466 e. The summed E-state index contributed by atoms with van der Waals surface area (Å²) in [6.07, 6.45) is 62.9. The van der Waals surface area contributed by atoms with Crippen LogP contribution in [0.15, 0.2) is 36.5 Å². The van der Waals surface area contributed by atoms with E-state index >= 15 is 0 Å². The van der Waals surface area contributed by atoms with E-state index < -0.39 is 12.1 Å². The molecule has 3 N–H and O–H groups in total. The number of rotatable bonds is 50. The number of hydrogen-bond acceptors (Lipinski definition) is 5. The third-order valence-electron chi connectivity index (χ3n) is 12.4. The molecule has 62 heavy (non-hydrogen) atoms. The van der Waals surface area contributed by atoms with Crippen LogP contribution in [0.3, 0.4) is 0 Å². The Labute approximate surface area is 385 Å². The Hall–Kier alpha value is -1.92. The molecule has 0 rings (SSSR count). The highest BCUT2D eigenvalue weighted by Crippen LogP contribution is 2.16. The topological polar surface area (TPSA) is 95.9 Å². The third kappa shape index (κ3) is 47.6. The van der Waals surface area contributed by atoms with Crippen molar-refractivity contribution in [1.29, 1.82) is 0 Å². The summed E-state index contributed by atoms with van der Waals surface area (Å²) in [6.45, 7) is 4.86. The summed E-state index contributed by atoms with van der Waals surface area (Å²) in [5, 5.41) is 23.1. The highest BCUT2D eigenvalue weighted by molar-refractivity contribution is 5.76. The Kier molecular flexibility index (Phi) is 50.1. The number of allylic oxidation sites excluding steroid dienone is 5. The maximum absolute atomic E-state index is 12.4. The van der Waals surface area contributed by atoms with Crippen molar-refractivity contribution < 1.29 is 24.5 Å². The number of esters is 1. The molecule has 0 bridgehead atoms. The van der Waals surface area contributed by atoms with Crippen LogP contribution in [0.4, 0.5) is 0 Å². The van der Waals surface area contributed by atoms with Crippen LogP contribution in [0.2, 0.25) is 0 Å². The molecule has 0 saturated heterocycles. The van der Waals surface area contributed by atoms with Crippen LogP contribution in [0.1, 0.15) is 284 Å². The fourth-order valence-corrected chi connectivity index (χ4v) is 8.19. The van der Waals surface area contributed by atoms with E-state index in [1.54, 1.807) is 6.08 Å². The molecule has 0 heterocycles. The lowest BCUT2D eigenvalue weighted by molar-refractivity contribution is -0.143. The zero-order chi connectivity index (χ0) is 45.1. The van der Waals surface area contributed by atoms with Crippen LogP contribution >= 0.6 is 0 Å². The molecule has 364 valence electrons. The van der Waals surface area contributed by atoms with Gasteiger partial charge in [-0.05, 0) is 70.6 Å². The van der Waals surface area contributed by atoms with Gasteiger partial charge < -0.3 is 20.3 Å². The van der Waals surface area contributed by atoms with E-state index in [0.717, 1.165) is 83.5 Å². The van der Waals surface area contributed by atoms with Crippen LogP contribution in [0.5, 0.6) is 0 Å². The summed E-state index contributed by atoms with van der Waals surface area (Å²) in [7, 11) is 0. The summed E-state index contributed by atoms with van der Waals surface area (Å²) >= 11 is 0. The second kappa shape index (κ2) is 51.7. The number of carbonyl (C=O) groups is 2. The van der Waals surface area contributed by atoms with Gasteiger partial charge in [-0.3, -0.25) is 9.59 Å². The predicted molar refractivity (Wildman–Crippen MR) is 269 cm³/mol. The van der Waals surface area contributed by atoms with Gasteiger partial charge in [-0.25, -0.2) is 0 Å². The number of hydrogen-bond donors (Lipinski definition) is 3. The Morgan fingerprint density at radius 2 is 0.806 bits per heavy atom. The summed E-state index contributed by atoms with van der Waals surface area (Å²) in [5.74, 6) is -0.100. The van der Waals surface area contributed by atoms with Gasteiger partial charge in [-0.15, -0.1) is 0 Å². The fraction of sp³-hybridized carbons (Fsp3) is 0.857. The van der Waals surface area contributed by atoms with Crippen molar-refractivity contribution in [2.75, 3.05) is 13.2 Å². The SMILES string of the molecule is CCCCCCCCCCCCCCCCC/C=C/C(O)C(CO)NC(=O)CCCCCCCCC/C=C\C/C=C\CCCCCOC(=O)CCCCCCCCCCCCC.